The molecule has 1 saturated heterocycles. The number of pyridine rings is 2. The Labute approximate surface area is 208 Å². The summed E-state index contributed by atoms with van der Waals surface area (Å²) in [5.41, 5.74) is 6.33. The molecule has 0 saturated carbocycles. The van der Waals surface area contributed by atoms with E-state index in [1.165, 1.54) is 0 Å². The number of nitriles is 1. The van der Waals surface area contributed by atoms with Crippen LogP contribution in [0.15, 0.2) is 61.6 Å². The highest BCUT2D eigenvalue weighted by molar-refractivity contribution is 5.87. The SMILES string of the molecule is COc1ccc(CN2CC[C@H](n3cc(-c4cc(-c5cnn(C)c5)cn5ncc(C#N)c45)cn3)C2)cn1. The number of fused-ring (bicyclic) bond motifs is 1. The number of hydrogen-bond acceptors (Lipinski definition) is 7. The fourth-order valence-electron chi connectivity index (χ4n) is 4.88. The van der Waals surface area contributed by atoms with Gasteiger partial charge in [0.2, 0.25) is 5.88 Å². The average molecular weight is 480 g/mol. The lowest BCUT2D eigenvalue weighted by Gasteiger charge is -2.16. The topological polar surface area (TPSA) is 102 Å². The Balaban J connectivity index is 1.28. The molecule has 36 heavy (non-hydrogen) atoms. The minimum atomic E-state index is 0.280. The zero-order valence-electron chi connectivity index (χ0n) is 20.1. The summed E-state index contributed by atoms with van der Waals surface area (Å²) in [5.74, 6) is 0.626. The number of methoxy groups -OCH3 is 1. The summed E-state index contributed by atoms with van der Waals surface area (Å²) in [6, 6.07) is 8.60. The maximum atomic E-state index is 9.69. The maximum Gasteiger partial charge on any atom is 0.212 e. The minimum absolute atomic E-state index is 0.280. The van der Waals surface area contributed by atoms with Crippen LogP contribution in [-0.2, 0) is 13.6 Å². The molecule has 0 unspecified atom stereocenters. The molecule has 0 aromatic carbocycles. The van der Waals surface area contributed by atoms with Gasteiger partial charge in [0.25, 0.3) is 0 Å². The fraction of sp³-hybridized carbons (Fsp3) is 0.269. The third kappa shape index (κ3) is 3.99. The van der Waals surface area contributed by atoms with E-state index in [1.54, 1.807) is 22.5 Å². The number of hydrogen-bond donors (Lipinski definition) is 0. The highest BCUT2D eigenvalue weighted by Crippen LogP contribution is 2.33. The monoisotopic (exact) mass is 479 g/mol. The molecule has 1 aliphatic heterocycles. The molecule has 10 nitrogen and oxygen atoms in total. The first-order valence-corrected chi connectivity index (χ1v) is 11.8. The highest BCUT2D eigenvalue weighted by Gasteiger charge is 2.25. The number of nitrogens with zero attached hydrogens (tertiary/aromatic N) is 9. The minimum Gasteiger partial charge on any atom is -0.481 e. The van der Waals surface area contributed by atoms with Crippen molar-refractivity contribution in [3.63, 3.8) is 0 Å². The average Bonchev–Trinajstić information content (AvgIpc) is 3.70. The van der Waals surface area contributed by atoms with Crippen molar-refractivity contribution in [1.29, 1.82) is 5.26 Å². The molecular formula is C26H25N9O. The molecule has 6 heterocycles. The van der Waals surface area contributed by atoms with Crippen molar-refractivity contribution in [3.8, 4) is 34.2 Å². The second-order valence-electron chi connectivity index (χ2n) is 9.10. The first-order chi connectivity index (χ1) is 17.6. The van der Waals surface area contributed by atoms with Crippen LogP contribution in [0, 0.1) is 11.3 Å². The van der Waals surface area contributed by atoms with Gasteiger partial charge in [0, 0.05) is 79.8 Å². The molecule has 0 bridgehead atoms. The molecule has 6 rings (SSSR count). The predicted octanol–water partition coefficient (Wildman–Crippen LogP) is 3.32. The molecule has 0 radical (unpaired) electrons. The summed E-state index contributed by atoms with van der Waals surface area (Å²) in [4.78, 5) is 6.73. The van der Waals surface area contributed by atoms with Gasteiger partial charge in [0.05, 0.1) is 42.8 Å². The van der Waals surface area contributed by atoms with Crippen LogP contribution >= 0.6 is 0 Å². The molecule has 1 aliphatic rings. The van der Waals surface area contributed by atoms with E-state index in [9.17, 15) is 5.26 Å². The van der Waals surface area contributed by atoms with E-state index in [0.29, 0.717) is 11.4 Å². The number of likely N-dealkylation sites (tertiary alicyclic amines) is 1. The van der Waals surface area contributed by atoms with Gasteiger partial charge in [-0.2, -0.15) is 20.6 Å². The highest BCUT2D eigenvalue weighted by atomic mass is 16.5. The van der Waals surface area contributed by atoms with Gasteiger partial charge in [-0.1, -0.05) is 6.07 Å². The standard InChI is InChI=1S/C26H25N9O/c1-32-14-21(11-29-32)19-7-24(26-20(8-27)10-31-35(26)15-19)22-12-30-34(16-22)23-5-6-33(17-23)13-18-3-4-25(36-2)28-9-18/h3-4,7,9-12,14-16,23H,5-6,13,17H2,1-2H3/t23-/m0/s1. The number of rotatable bonds is 6. The Kier molecular flexibility index (Phi) is 5.47. The first-order valence-electron chi connectivity index (χ1n) is 11.8. The fourth-order valence-corrected chi connectivity index (χ4v) is 4.88. The van der Waals surface area contributed by atoms with E-state index in [2.05, 4.69) is 49.2 Å². The summed E-state index contributed by atoms with van der Waals surface area (Å²) in [7, 11) is 3.52. The summed E-state index contributed by atoms with van der Waals surface area (Å²) < 4.78 is 10.8. The third-order valence-electron chi connectivity index (χ3n) is 6.72. The molecule has 0 N–H and O–H groups in total. The van der Waals surface area contributed by atoms with Gasteiger partial charge < -0.3 is 4.74 Å². The molecular weight excluding hydrogens is 454 g/mol. The Morgan fingerprint density at radius 2 is 1.92 bits per heavy atom. The van der Waals surface area contributed by atoms with Gasteiger partial charge in [0.15, 0.2) is 0 Å². The van der Waals surface area contributed by atoms with E-state index in [0.717, 1.165) is 59.4 Å². The van der Waals surface area contributed by atoms with Crippen molar-refractivity contribution >= 4 is 5.52 Å². The van der Waals surface area contributed by atoms with Crippen molar-refractivity contribution in [2.24, 2.45) is 7.05 Å². The zero-order valence-corrected chi connectivity index (χ0v) is 20.1. The van der Waals surface area contributed by atoms with Gasteiger partial charge >= 0.3 is 0 Å². The van der Waals surface area contributed by atoms with Gasteiger partial charge in [-0.05, 0) is 18.1 Å². The first kappa shape index (κ1) is 22.0. The Morgan fingerprint density at radius 1 is 1.03 bits per heavy atom. The van der Waals surface area contributed by atoms with Gasteiger partial charge in [-0.3, -0.25) is 14.3 Å². The second-order valence-corrected chi connectivity index (χ2v) is 9.10. The van der Waals surface area contributed by atoms with E-state index in [4.69, 9.17) is 9.84 Å². The van der Waals surface area contributed by atoms with E-state index in [1.807, 2.05) is 44.1 Å². The molecule has 10 heteroatoms. The maximum absolute atomic E-state index is 9.69. The largest absolute Gasteiger partial charge is 0.481 e. The van der Waals surface area contributed by atoms with Crippen LogP contribution in [0.4, 0.5) is 0 Å². The van der Waals surface area contributed by atoms with Crippen LogP contribution in [-0.4, -0.2) is 59.3 Å². The number of ether oxygens (including phenoxy) is 1. The van der Waals surface area contributed by atoms with Crippen molar-refractivity contribution in [2.75, 3.05) is 20.2 Å². The van der Waals surface area contributed by atoms with Gasteiger partial charge in [-0.15, -0.1) is 0 Å². The molecule has 0 aliphatic carbocycles. The zero-order chi connectivity index (χ0) is 24.6. The van der Waals surface area contributed by atoms with Crippen molar-refractivity contribution < 1.29 is 4.74 Å². The van der Waals surface area contributed by atoms with E-state index in [-0.39, 0.29) is 6.04 Å². The van der Waals surface area contributed by atoms with Crippen LogP contribution in [0.2, 0.25) is 0 Å². The van der Waals surface area contributed by atoms with Crippen LogP contribution in [0.5, 0.6) is 5.88 Å². The van der Waals surface area contributed by atoms with Crippen LogP contribution < -0.4 is 4.74 Å². The Bertz CT molecular complexity index is 1570. The molecule has 5 aromatic rings. The van der Waals surface area contributed by atoms with Crippen LogP contribution in [0.1, 0.15) is 23.6 Å². The summed E-state index contributed by atoms with van der Waals surface area (Å²) in [5, 5.41) is 23.1. The van der Waals surface area contributed by atoms with Gasteiger partial charge in [-0.25, -0.2) is 9.50 Å². The Hall–Kier alpha value is -4.49. The predicted molar refractivity (Wildman–Crippen MR) is 133 cm³/mol. The Morgan fingerprint density at radius 3 is 2.67 bits per heavy atom. The van der Waals surface area contributed by atoms with Crippen LogP contribution in [0.25, 0.3) is 27.8 Å². The lowest BCUT2D eigenvalue weighted by molar-refractivity contribution is 0.311. The van der Waals surface area contributed by atoms with E-state index >= 15 is 0 Å². The lowest BCUT2D eigenvalue weighted by atomic mass is 10.0. The van der Waals surface area contributed by atoms with Crippen molar-refractivity contribution in [1.82, 2.24) is 39.1 Å². The normalized spacial score (nSPS) is 16.0. The summed E-state index contributed by atoms with van der Waals surface area (Å²) in [6.45, 7) is 2.75. The number of aromatic nitrogens is 7. The second kappa shape index (κ2) is 8.94. The van der Waals surface area contributed by atoms with Gasteiger partial charge in [0.1, 0.15) is 6.07 Å². The lowest BCUT2D eigenvalue weighted by Crippen LogP contribution is -2.21. The quantitative estimate of drug-likeness (QED) is 0.368. The molecule has 5 aromatic heterocycles. The van der Waals surface area contributed by atoms with Crippen molar-refractivity contribution in [2.45, 2.75) is 19.0 Å². The van der Waals surface area contributed by atoms with Crippen molar-refractivity contribution in [3.05, 3.63) is 72.7 Å². The number of aryl methyl sites for hydroxylation is 1. The molecule has 180 valence electrons. The van der Waals surface area contributed by atoms with Crippen LogP contribution in [0.3, 0.4) is 0 Å². The molecule has 1 fully saturated rings. The summed E-state index contributed by atoms with van der Waals surface area (Å²) in [6.07, 6.45) is 14.2. The molecule has 0 amide bonds. The van der Waals surface area contributed by atoms with E-state index < -0.39 is 0 Å². The molecule has 1 atom stereocenters. The third-order valence-corrected chi connectivity index (χ3v) is 6.72. The molecule has 0 spiro atoms. The summed E-state index contributed by atoms with van der Waals surface area (Å²) >= 11 is 0. The smallest absolute Gasteiger partial charge is 0.212 e.